The van der Waals surface area contributed by atoms with Gasteiger partial charge in [-0.05, 0) is 26.3 Å². The van der Waals surface area contributed by atoms with Gasteiger partial charge in [0.25, 0.3) is 0 Å². The van der Waals surface area contributed by atoms with Gasteiger partial charge < -0.3 is 4.57 Å². The van der Waals surface area contributed by atoms with Crippen molar-refractivity contribution in [3.63, 3.8) is 0 Å². The van der Waals surface area contributed by atoms with Crippen molar-refractivity contribution >= 4 is 28.2 Å². The minimum absolute atomic E-state index is 0.0171. The van der Waals surface area contributed by atoms with E-state index in [2.05, 4.69) is 4.57 Å². The Morgan fingerprint density at radius 2 is 2.12 bits per heavy atom. The first-order chi connectivity index (χ1) is 7.97. The first-order valence-corrected chi connectivity index (χ1v) is 7.79. The Kier molecular flexibility index (Phi) is 5.40. The van der Waals surface area contributed by atoms with Gasteiger partial charge >= 0.3 is 0 Å². The summed E-state index contributed by atoms with van der Waals surface area (Å²) < 4.78 is 13.1. The van der Waals surface area contributed by atoms with Crippen LogP contribution in [-0.4, -0.2) is 32.4 Å². The molecule has 0 radical (unpaired) electrons. The van der Waals surface area contributed by atoms with E-state index in [1.54, 1.807) is 6.26 Å². The summed E-state index contributed by atoms with van der Waals surface area (Å²) in [5.41, 5.74) is 2.71. The maximum absolute atomic E-state index is 11.6. The summed E-state index contributed by atoms with van der Waals surface area (Å²) in [4.78, 5) is 11.6. The molecule has 3 nitrogen and oxygen atoms in total. The van der Waals surface area contributed by atoms with Crippen molar-refractivity contribution in [2.75, 3.05) is 17.9 Å². The number of carbonyl (C=O) groups is 1. The van der Waals surface area contributed by atoms with Crippen LogP contribution in [0.2, 0.25) is 0 Å². The van der Waals surface area contributed by atoms with Crippen LogP contribution in [0.1, 0.15) is 28.2 Å². The van der Waals surface area contributed by atoms with Gasteiger partial charge in [0.2, 0.25) is 0 Å². The van der Waals surface area contributed by atoms with Crippen LogP contribution in [0.25, 0.3) is 0 Å². The number of ketones is 1. The second kappa shape index (κ2) is 6.36. The number of aryl methyl sites for hydroxylation is 1. The quantitative estimate of drug-likeness (QED) is 0.590. The van der Waals surface area contributed by atoms with E-state index in [1.165, 1.54) is 0 Å². The van der Waals surface area contributed by atoms with Crippen LogP contribution in [0.4, 0.5) is 0 Å². The van der Waals surface area contributed by atoms with Crippen LogP contribution >= 0.6 is 11.6 Å². The molecule has 5 heteroatoms. The maximum atomic E-state index is 11.6. The number of rotatable bonds is 6. The maximum Gasteiger partial charge on any atom is 0.179 e. The fourth-order valence-corrected chi connectivity index (χ4v) is 2.61. The Labute approximate surface area is 110 Å². The molecule has 1 heterocycles. The molecule has 0 aromatic carbocycles. The largest absolute Gasteiger partial charge is 0.348 e. The third-order valence-electron chi connectivity index (χ3n) is 2.81. The third kappa shape index (κ3) is 3.68. The summed E-state index contributed by atoms with van der Waals surface area (Å²) in [6, 6.07) is 1.88. The van der Waals surface area contributed by atoms with Crippen molar-refractivity contribution in [1.29, 1.82) is 0 Å². The highest BCUT2D eigenvalue weighted by molar-refractivity contribution is 7.84. The van der Waals surface area contributed by atoms with Crippen molar-refractivity contribution in [3.8, 4) is 0 Å². The molecule has 0 N–H and O–H groups in total. The highest BCUT2D eigenvalue weighted by atomic mass is 35.5. The molecule has 1 aromatic rings. The molecule has 0 aliphatic carbocycles. The smallest absolute Gasteiger partial charge is 0.179 e. The summed E-state index contributed by atoms with van der Waals surface area (Å²) in [7, 11) is -0.757. The van der Waals surface area contributed by atoms with Gasteiger partial charge in [0.15, 0.2) is 5.78 Å². The van der Waals surface area contributed by atoms with Gasteiger partial charge in [-0.2, -0.15) is 0 Å². The summed E-state index contributed by atoms with van der Waals surface area (Å²) in [5.74, 6) is 0.670. The van der Waals surface area contributed by atoms with E-state index in [0.29, 0.717) is 11.3 Å². The molecule has 1 unspecified atom stereocenters. The molecule has 17 heavy (non-hydrogen) atoms. The van der Waals surface area contributed by atoms with Crippen molar-refractivity contribution in [3.05, 3.63) is 23.0 Å². The normalized spacial score (nSPS) is 12.7. The predicted molar refractivity (Wildman–Crippen MR) is 72.5 cm³/mol. The molecule has 0 bridgehead atoms. The van der Waals surface area contributed by atoms with Gasteiger partial charge in [-0.25, -0.2) is 0 Å². The zero-order valence-electron chi connectivity index (χ0n) is 10.5. The van der Waals surface area contributed by atoms with E-state index in [4.69, 9.17) is 11.6 Å². The molecule has 0 fully saturated rings. The Bertz CT molecular complexity index is 440. The van der Waals surface area contributed by atoms with Gasteiger partial charge in [-0.15, -0.1) is 11.6 Å². The number of carbonyl (C=O) groups excluding carboxylic acids is 1. The highest BCUT2D eigenvalue weighted by Crippen LogP contribution is 2.16. The van der Waals surface area contributed by atoms with E-state index < -0.39 is 10.8 Å². The average Bonchev–Trinajstić information content (AvgIpc) is 2.55. The molecule has 0 saturated carbocycles. The van der Waals surface area contributed by atoms with Crippen LogP contribution < -0.4 is 0 Å². The standard InChI is InChI=1S/C12H18ClNO2S/c1-9-7-11(12(15)8-13)10(2)14(9)5-4-6-17(3)16/h7H,4-6,8H2,1-3H3. The molecular formula is C12H18ClNO2S. The van der Waals surface area contributed by atoms with Crippen molar-refractivity contribution < 1.29 is 9.00 Å². The van der Waals surface area contributed by atoms with E-state index in [9.17, 15) is 9.00 Å². The Morgan fingerprint density at radius 3 is 2.65 bits per heavy atom. The summed E-state index contributed by atoms with van der Waals surface area (Å²) in [6.45, 7) is 4.70. The summed E-state index contributed by atoms with van der Waals surface area (Å²) in [6.07, 6.45) is 2.56. The molecule has 0 aliphatic rings. The summed E-state index contributed by atoms with van der Waals surface area (Å²) >= 11 is 5.57. The lowest BCUT2D eigenvalue weighted by Gasteiger charge is -2.08. The van der Waals surface area contributed by atoms with Crippen LogP contribution in [-0.2, 0) is 17.3 Å². The number of hydrogen-bond donors (Lipinski definition) is 0. The Hall–Kier alpha value is -0.610. The van der Waals surface area contributed by atoms with Crippen molar-refractivity contribution in [2.45, 2.75) is 26.8 Å². The fraction of sp³-hybridized carbons (Fsp3) is 0.583. The summed E-state index contributed by atoms with van der Waals surface area (Å²) in [5, 5.41) is 0. The lowest BCUT2D eigenvalue weighted by Crippen LogP contribution is -2.08. The minimum atomic E-state index is -0.757. The van der Waals surface area contributed by atoms with E-state index in [-0.39, 0.29) is 11.7 Å². The first kappa shape index (κ1) is 14.5. The zero-order valence-corrected chi connectivity index (χ0v) is 12.0. The molecule has 0 spiro atoms. The van der Waals surface area contributed by atoms with E-state index in [0.717, 1.165) is 24.4 Å². The van der Waals surface area contributed by atoms with E-state index >= 15 is 0 Å². The monoisotopic (exact) mass is 275 g/mol. The van der Waals surface area contributed by atoms with Crippen LogP contribution in [0.3, 0.4) is 0 Å². The molecule has 0 amide bonds. The van der Waals surface area contributed by atoms with Gasteiger partial charge in [0, 0.05) is 46.3 Å². The number of Topliss-reactive ketones (excluding diaryl/α,β-unsaturated/α-hetero) is 1. The van der Waals surface area contributed by atoms with Gasteiger partial charge in [0.1, 0.15) is 0 Å². The van der Waals surface area contributed by atoms with Gasteiger partial charge in [0.05, 0.1) is 5.88 Å². The van der Waals surface area contributed by atoms with Crippen LogP contribution in [0.5, 0.6) is 0 Å². The first-order valence-electron chi connectivity index (χ1n) is 5.53. The lowest BCUT2D eigenvalue weighted by atomic mass is 10.2. The zero-order chi connectivity index (χ0) is 13.0. The predicted octanol–water partition coefficient (Wildman–Crippen LogP) is 2.30. The second-order valence-corrected chi connectivity index (χ2v) is 5.95. The third-order valence-corrected chi connectivity index (χ3v) is 3.92. The van der Waals surface area contributed by atoms with Gasteiger partial charge in [-0.1, -0.05) is 0 Å². The van der Waals surface area contributed by atoms with E-state index in [1.807, 2.05) is 19.9 Å². The number of hydrogen-bond acceptors (Lipinski definition) is 2. The van der Waals surface area contributed by atoms with Gasteiger partial charge in [-0.3, -0.25) is 9.00 Å². The minimum Gasteiger partial charge on any atom is -0.348 e. The molecule has 1 atom stereocenters. The molecule has 1 rings (SSSR count). The average molecular weight is 276 g/mol. The molecule has 0 aliphatic heterocycles. The molecule has 0 saturated heterocycles. The number of nitrogens with zero attached hydrogens (tertiary/aromatic N) is 1. The molecule has 96 valence electrons. The second-order valence-electron chi connectivity index (χ2n) is 4.12. The van der Waals surface area contributed by atoms with Crippen molar-refractivity contribution in [2.24, 2.45) is 0 Å². The number of aromatic nitrogens is 1. The lowest BCUT2D eigenvalue weighted by molar-refractivity contribution is 0.102. The fourth-order valence-electron chi connectivity index (χ4n) is 1.93. The Morgan fingerprint density at radius 1 is 1.47 bits per heavy atom. The number of halogens is 1. The highest BCUT2D eigenvalue weighted by Gasteiger charge is 2.14. The number of alkyl halides is 1. The van der Waals surface area contributed by atoms with Crippen molar-refractivity contribution in [1.82, 2.24) is 4.57 Å². The van der Waals surface area contributed by atoms with Crippen LogP contribution in [0.15, 0.2) is 6.07 Å². The Balaban J connectivity index is 2.82. The SMILES string of the molecule is Cc1cc(C(=O)CCl)c(C)n1CCCS(C)=O. The topological polar surface area (TPSA) is 39.1 Å². The molecular weight excluding hydrogens is 258 g/mol. The molecule has 1 aromatic heterocycles. The van der Waals surface area contributed by atoms with Crippen LogP contribution in [0, 0.1) is 13.8 Å².